The van der Waals surface area contributed by atoms with Crippen molar-refractivity contribution in [2.45, 2.75) is 13.8 Å². The highest BCUT2D eigenvalue weighted by atomic mass is 32.1. The largest absolute Gasteiger partial charge is 0.462 e. The van der Waals surface area contributed by atoms with Gasteiger partial charge in [-0.3, -0.25) is 4.79 Å². The number of aryl methyl sites for hydroxylation is 1. The molecule has 1 amide bonds. The summed E-state index contributed by atoms with van der Waals surface area (Å²) in [6, 6.07) is 20.3. The van der Waals surface area contributed by atoms with Gasteiger partial charge in [-0.2, -0.15) is 5.10 Å². The number of ether oxygens (including phenoxy) is 1. The van der Waals surface area contributed by atoms with Gasteiger partial charge in [0, 0.05) is 16.8 Å². The summed E-state index contributed by atoms with van der Waals surface area (Å²) in [4.78, 5) is 27.2. The number of carbonyl (C=O) groups excluding carboxylic acids is 2. The van der Waals surface area contributed by atoms with Gasteiger partial charge in [0.25, 0.3) is 5.91 Å². The Bertz CT molecular complexity index is 1230. The summed E-state index contributed by atoms with van der Waals surface area (Å²) >= 11 is 1.58. The second-order valence-electron chi connectivity index (χ2n) is 6.84. The molecular weight excluding hydrogens is 410 g/mol. The maximum absolute atomic E-state index is 13.2. The Morgan fingerprint density at radius 3 is 2.58 bits per heavy atom. The molecule has 0 atom stereocenters. The minimum absolute atomic E-state index is 0.289. The van der Waals surface area contributed by atoms with Crippen LogP contribution in [0.25, 0.3) is 16.3 Å². The normalized spacial score (nSPS) is 10.6. The van der Waals surface area contributed by atoms with Crippen molar-refractivity contribution < 1.29 is 14.3 Å². The lowest BCUT2D eigenvalue weighted by atomic mass is 10.1. The molecule has 4 aromatic rings. The van der Waals surface area contributed by atoms with Crippen molar-refractivity contribution >= 4 is 28.9 Å². The van der Waals surface area contributed by atoms with Crippen LogP contribution in [-0.2, 0) is 4.74 Å². The summed E-state index contributed by atoms with van der Waals surface area (Å²) in [6.45, 7) is 4.06. The van der Waals surface area contributed by atoms with E-state index in [-0.39, 0.29) is 12.5 Å². The molecule has 0 aliphatic rings. The molecule has 6 nitrogen and oxygen atoms in total. The molecule has 0 aliphatic carbocycles. The minimum Gasteiger partial charge on any atom is -0.462 e. The number of amides is 1. The zero-order valence-electron chi connectivity index (χ0n) is 17.2. The molecule has 2 aromatic heterocycles. The molecule has 7 heteroatoms. The number of aromatic nitrogens is 2. The fourth-order valence-electron chi connectivity index (χ4n) is 3.13. The van der Waals surface area contributed by atoms with Gasteiger partial charge in [-0.15, -0.1) is 11.3 Å². The van der Waals surface area contributed by atoms with E-state index in [0.717, 1.165) is 15.4 Å². The zero-order chi connectivity index (χ0) is 21.8. The lowest BCUT2D eigenvalue weighted by Gasteiger charge is -2.07. The number of hydrogen-bond acceptors (Lipinski definition) is 5. The molecule has 0 radical (unpaired) electrons. The van der Waals surface area contributed by atoms with E-state index < -0.39 is 5.97 Å². The fraction of sp³-hybridized carbons (Fsp3) is 0.125. The first kappa shape index (κ1) is 20.6. The Kier molecular flexibility index (Phi) is 5.95. The smallest absolute Gasteiger partial charge is 0.338 e. The van der Waals surface area contributed by atoms with Gasteiger partial charge in [-0.25, -0.2) is 9.48 Å². The van der Waals surface area contributed by atoms with E-state index in [1.165, 1.54) is 0 Å². The Labute approximate surface area is 184 Å². The monoisotopic (exact) mass is 431 g/mol. The van der Waals surface area contributed by atoms with Gasteiger partial charge >= 0.3 is 5.97 Å². The van der Waals surface area contributed by atoms with Gasteiger partial charge < -0.3 is 10.1 Å². The van der Waals surface area contributed by atoms with Crippen molar-refractivity contribution in [2.24, 2.45) is 0 Å². The molecule has 4 rings (SSSR count). The number of nitrogens with zero attached hydrogens (tertiary/aromatic N) is 2. The number of rotatable bonds is 6. The maximum atomic E-state index is 13.2. The molecule has 0 unspecified atom stereocenters. The molecule has 156 valence electrons. The summed E-state index contributed by atoms with van der Waals surface area (Å²) in [6.07, 6.45) is 1.73. The van der Waals surface area contributed by atoms with Crippen LogP contribution in [0.2, 0.25) is 0 Å². The molecule has 0 saturated heterocycles. The Balaban J connectivity index is 1.68. The van der Waals surface area contributed by atoms with Crippen molar-refractivity contribution in [1.82, 2.24) is 9.78 Å². The van der Waals surface area contributed by atoms with E-state index >= 15 is 0 Å². The van der Waals surface area contributed by atoms with Crippen molar-refractivity contribution in [2.75, 3.05) is 11.9 Å². The van der Waals surface area contributed by atoms with Crippen LogP contribution >= 0.6 is 11.3 Å². The Hall–Kier alpha value is -3.71. The molecular formula is C24H21N3O3S. The first-order valence-corrected chi connectivity index (χ1v) is 10.7. The number of benzene rings is 2. The van der Waals surface area contributed by atoms with E-state index in [1.807, 2.05) is 49.4 Å². The molecule has 0 fully saturated rings. The van der Waals surface area contributed by atoms with Gasteiger partial charge in [-0.1, -0.05) is 24.3 Å². The molecule has 0 saturated carbocycles. The topological polar surface area (TPSA) is 73.2 Å². The summed E-state index contributed by atoms with van der Waals surface area (Å²) in [5.74, 6) is -0.727. The standard InChI is InChI=1S/C24H21N3O3S/c1-3-30-24(29)17-8-7-9-18(14-17)25-23(28)20-15-27(19-10-5-4-6-11-19)26-22(20)21-13-12-16(2)31-21/h4-15H,3H2,1-2H3,(H,25,28). The summed E-state index contributed by atoms with van der Waals surface area (Å²) in [7, 11) is 0. The lowest BCUT2D eigenvalue weighted by Crippen LogP contribution is -2.13. The zero-order valence-corrected chi connectivity index (χ0v) is 18.0. The Morgan fingerprint density at radius 2 is 1.87 bits per heavy atom. The fourth-order valence-corrected chi connectivity index (χ4v) is 4.00. The molecule has 1 N–H and O–H groups in total. The average Bonchev–Trinajstić information content (AvgIpc) is 3.41. The van der Waals surface area contributed by atoms with Crippen molar-refractivity contribution in [1.29, 1.82) is 0 Å². The second kappa shape index (κ2) is 8.97. The van der Waals surface area contributed by atoms with Gasteiger partial charge in [0.2, 0.25) is 0 Å². The predicted octanol–water partition coefficient (Wildman–Crippen LogP) is 5.34. The van der Waals surface area contributed by atoms with E-state index in [2.05, 4.69) is 10.4 Å². The molecule has 2 heterocycles. The van der Waals surface area contributed by atoms with Crippen LogP contribution in [0.4, 0.5) is 5.69 Å². The van der Waals surface area contributed by atoms with Gasteiger partial charge in [0.1, 0.15) is 5.69 Å². The van der Waals surface area contributed by atoms with Crippen molar-refractivity contribution in [3.8, 4) is 16.3 Å². The molecule has 31 heavy (non-hydrogen) atoms. The van der Waals surface area contributed by atoms with Crippen LogP contribution in [0.3, 0.4) is 0 Å². The molecule has 0 spiro atoms. The maximum Gasteiger partial charge on any atom is 0.338 e. The van der Waals surface area contributed by atoms with Crippen LogP contribution < -0.4 is 5.32 Å². The molecule has 0 bridgehead atoms. The highest BCUT2D eigenvalue weighted by molar-refractivity contribution is 7.15. The quantitative estimate of drug-likeness (QED) is 0.418. The van der Waals surface area contributed by atoms with Crippen molar-refractivity contribution in [3.05, 3.63) is 88.9 Å². The number of esters is 1. The number of nitrogens with one attached hydrogen (secondary N) is 1. The number of hydrogen-bond donors (Lipinski definition) is 1. The average molecular weight is 432 g/mol. The van der Waals surface area contributed by atoms with Crippen LogP contribution in [0.1, 0.15) is 32.5 Å². The molecule has 0 aliphatic heterocycles. The third-order valence-corrected chi connectivity index (χ3v) is 5.59. The number of para-hydroxylation sites is 1. The van der Waals surface area contributed by atoms with Crippen LogP contribution in [0.5, 0.6) is 0 Å². The van der Waals surface area contributed by atoms with Crippen LogP contribution in [0, 0.1) is 6.92 Å². The first-order valence-electron chi connectivity index (χ1n) is 9.85. The first-order chi connectivity index (χ1) is 15.0. The van der Waals surface area contributed by atoms with Crippen molar-refractivity contribution in [3.63, 3.8) is 0 Å². The van der Waals surface area contributed by atoms with E-state index in [0.29, 0.717) is 22.5 Å². The summed E-state index contributed by atoms with van der Waals surface area (Å²) in [5.41, 5.74) is 2.82. The number of carbonyl (C=O) groups is 2. The highest BCUT2D eigenvalue weighted by Crippen LogP contribution is 2.30. The van der Waals surface area contributed by atoms with E-state index in [4.69, 9.17) is 4.74 Å². The second-order valence-corrected chi connectivity index (χ2v) is 8.13. The predicted molar refractivity (Wildman–Crippen MR) is 122 cm³/mol. The third-order valence-electron chi connectivity index (χ3n) is 4.58. The SMILES string of the molecule is CCOC(=O)c1cccc(NC(=O)c2cn(-c3ccccc3)nc2-c2ccc(C)s2)c1. The molecule has 2 aromatic carbocycles. The Morgan fingerprint density at radius 1 is 1.06 bits per heavy atom. The van der Waals surface area contributed by atoms with Gasteiger partial charge in [0.15, 0.2) is 0 Å². The van der Waals surface area contributed by atoms with Crippen LogP contribution in [0.15, 0.2) is 72.9 Å². The summed E-state index contributed by atoms with van der Waals surface area (Å²) in [5, 5.41) is 7.57. The van der Waals surface area contributed by atoms with E-state index in [1.54, 1.807) is 53.4 Å². The number of thiophene rings is 1. The van der Waals surface area contributed by atoms with E-state index in [9.17, 15) is 9.59 Å². The number of anilines is 1. The van der Waals surface area contributed by atoms with Crippen LogP contribution in [-0.4, -0.2) is 28.3 Å². The minimum atomic E-state index is -0.426. The van der Waals surface area contributed by atoms with Gasteiger partial charge in [-0.05, 0) is 56.3 Å². The van der Waals surface area contributed by atoms with Gasteiger partial charge in [0.05, 0.1) is 28.3 Å². The lowest BCUT2D eigenvalue weighted by molar-refractivity contribution is 0.0526. The highest BCUT2D eigenvalue weighted by Gasteiger charge is 2.20. The third kappa shape index (κ3) is 4.57. The summed E-state index contributed by atoms with van der Waals surface area (Å²) < 4.78 is 6.74.